The molecule has 4 aliphatic rings. The Labute approximate surface area is 141 Å². The molecule has 2 aliphatic heterocycles. The van der Waals surface area contributed by atoms with Crippen LogP contribution in [0.2, 0.25) is 0 Å². The maximum Gasteiger partial charge on any atom is 0.274 e. The van der Waals surface area contributed by atoms with Crippen molar-refractivity contribution in [1.29, 1.82) is 0 Å². The zero-order valence-electron chi connectivity index (χ0n) is 14.3. The van der Waals surface area contributed by atoms with E-state index in [-0.39, 0.29) is 11.3 Å². The maximum atomic E-state index is 12.5. The number of carbonyl (C=O) groups excluding carboxylic acids is 2. The summed E-state index contributed by atoms with van der Waals surface area (Å²) in [6.07, 6.45) is 3.64. The molecule has 128 valence electrons. The molecule has 6 nitrogen and oxygen atoms in total. The number of H-pyrrole nitrogens is 1. The maximum absolute atomic E-state index is 12.5. The van der Waals surface area contributed by atoms with Crippen molar-refractivity contribution in [1.82, 2.24) is 20.0 Å². The SMILES string of the molecule is CC(C)c1cc(C(=O)N2CC3(C2)CN(C(=O)C2CC24CC4)C3)n[nH]1. The van der Waals surface area contributed by atoms with Gasteiger partial charge in [-0.1, -0.05) is 13.8 Å². The zero-order chi connectivity index (χ0) is 16.7. The number of aromatic amines is 1. The Kier molecular flexibility index (Phi) is 2.66. The standard InChI is InChI=1S/C18H24N4O2/c1-11(2)13-5-14(20-19-13)16(24)22-9-17(10-22)7-21(8-17)15(23)12-6-18(12)3-4-18/h5,11-12H,3-4,6-10H2,1-2H3,(H,19,20). The van der Waals surface area contributed by atoms with Crippen LogP contribution in [0, 0.1) is 16.7 Å². The topological polar surface area (TPSA) is 69.3 Å². The van der Waals surface area contributed by atoms with Gasteiger partial charge in [-0.05, 0) is 36.7 Å². The van der Waals surface area contributed by atoms with Crippen LogP contribution in [0.1, 0.15) is 55.2 Å². The van der Waals surface area contributed by atoms with Gasteiger partial charge in [0.25, 0.3) is 5.91 Å². The molecule has 0 aromatic carbocycles. The molecule has 2 amide bonds. The summed E-state index contributed by atoms with van der Waals surface area (Å²) >= 11 is 0. The summed E-state index contributed by atoms with van der Waals surface area (Å²) in [5.41, 5.74) is 2.10. The summed E-state index contributed by atoms with van der Waals surface area (Å²) in [5.74, 6) is 1.04. The monoisotopic (exact) mass is 328 g/mol. The molecule has 0 radical (unpaired) electrons. The molecular weight excluding hydrogens is 304 g/mol. The van der Waals surface area contributed by atoms with Crippen molar-refractivity contribution in [3.8, 4) is 0 Å². The van der Waals surface area contributed by atoms with Gasteiger partial charge in [0.05, 0.1) is 0 Å². The van der Waals surface area contributed by atoms with Gasteiger partial charge in [-0.2, -0.15) is 5.10 Å². The molecule has 2 saturated heterocycles. The molecule has 1 aromatic heterocycles. The second-order valence-electron chi connectivity index (χ2n) is 8.84. The number of hydrogen-bond donors (Lipinski definition) is 1. The van der Waals surface area contributed by atoms with E-state index in [0.717, 1.165) is 38.3 Å². The fourth-order valence-electron chi connectivity index (χ4n) is 4.56. The minimum absolute atomic E-state index is 0.00711. The lowest BCUT2D eigenvalue weighted by atomic mass is 9.72. The second kappa shape index (κ2) is 4.41. The van der Waals surface area contributed by atoms with Crippen LogP contribution in [0.4, 0.5) is 0 Å². The van der Waals surface area contributed by atoms with Crippen molar-refractivity contribution < 1.29 is 9.59 Å². The molecule has 2 aliphatic carbocycles. The van der Waals surface area contributed by atoms with Crippen LogP contribution in [-0.2, 0) is 4.79 Å². The highest BCUT2D eigenvalue weighted by atomic mass is 16.2. The number of rotatable bonds is 3. The molecule has 1 N–H and O–H groups in total. The first-order chi connectivity index (χ1) is 11.4. The third kappa shape index (κ3) is 1.98. The predicted molar refractivity (Wildman–Crippen MR) is 87.4 cm³/mol. The average Bonchev–Trinajstić information content (AvgIpc) is 3.34. The van der Waals surface area contributed by atoms with Crippen molar-refractivity contribution in [2.24, 2.45) is 16.7 Å². The number of nitrogens with one attached hydrogen (secondary N) is 1. The Morgan fingerprint density at radius 3 is 2.42 bits per heavy atom. The van der Waals surface area contributed by atoms with Crippen molar-refractivity contribution in [3.05, 3.63) is 17.5 Å². The van der Waals surface area contributed by atoms with Crippen LogP contribution < -0.4 is 0 Å². The molecule has 1 unspecified atom stereocenters. The molecule has 24 heavy (non-hydrogen) atoms. The third-order valence-corrected chi connectivity index (χ3v) is 6.52. The number of nitrogens with zero attached hydrogens (tertiary/aromatic N) is 3. The summed E-state index contributed by atoms with van der Waals surface area (Å²) < 4.78 is 0. The Morgan fingerprint density at radius 2 is 1.88 bits per heavy atom. The van der Waals surface area contributed by atoms with Crippen LogP contribution >= 0.6 is 0 Å². The molecule has 6 heteroatoms. The Balaban J connectivity index is 1.15. The van der Waals surface area contributed by atoms with E-state index in [4.69, 9.17) is 0 Å². The Hall–Kier alpha value is -1.85. The van der Waals surface area contributed by atoms with Crippen LogP contribution in [0.5, 0.6) is 0 Å². The molecule has 5 rings (SSSR count). The quantitative estimate of drug-likeness (QED) is 0.916. The molecular formula is C18H24N4O2. The van der Waals surface area contributed by atoms with E-state index < -0.39 is 0 Å². The van der Waals surface area contributed by atoms with Crippen LogP contribution in [0.25, 0.3) is 0 Å². The molecule has 0 bridgehead atoms. The van der Waals surface area contributed by atoms with Gasteiger partial charge in [-0.25, -0.2) is 0 Å². The van der Waals surface area contributed by atoms with Gasteiger partial charge in [0.2, 0.25) is 5.91 Å². The average molecular weight is 328 g/mol. The van der Waals surface area contributed by atoms with E-state index in [9.17, 15) is 9.59 Å². The van der Waals surface area contributed by atoms with Crippen molar-refractivity contribution in [2.45, 2.75) is 39.0 Å². The smallest absolute Gasteiger partial charge is 0.274 e. The first kappa shape index (κ1) is 14.5. The fraction of sp³-hybridized carbons (Fsp3) is 0.722. The van der Waals surface area contributed by atoms with Gasteiger partial charge in [-0.15, -0.1) is 0 Å². The van der Waals surface area contributed by atoms with Gasteiger partial charge in [0, 0.05) is 43.2 Å². The van der Waals surface area contributed by atoms with Gasteiger partial charge >= 0.3 is 0 Å². The number of aromatic nitrogens is 2. The second-order valence-corrected chi connectivity index (χ2v) is 8.84. The van der Waals surface area contributed by atoms with E-state index in [2.05, 4.69) is 24.0 Å². The number of carbonyl (C=O) groups is 2. The van der Waals surface area contributed by atoms with Gasteiger partial charge in [0.15, 0.2) is 0 Å². The first-order valence-electron chi connectivity index (χ1n) is 9.05. The summed E-state index contributed by atoms with van der Waals surface area (Å²) in [5, 5.41) is 7.09. The highest BCUT2D eigenvalue weighted by Gasteiger charge is 2.68. The minimum atomic E-state index is 0.00711. The van der Waals surface area contributed by atoms with Crippen LogP contribution in [0.3, 0.4) is 0 Å². The lowest BCUT2D eigenvalue weighted by Gasteiger charge is -2.60. The highest BCUT2D eigenvalue weighted by Crippen LogP contribution is 2.71. The molecule has 2 spiro atoms. The number of hydrogen-bond acceptors (Lipinski definition) is 3. The van der Waals surface area contributed by atoms with E-state index in [1.165, 1.54) is 12.8 Å². The Morgan fingerprint density at radius 1 is 1.21 bits per heavy atom. The highest BCUT2D eigenvalue weighted by molar-refractivity contribution is 5.93. The predicted octanol–water partition coefficient (Wildman–Crippen LogP) is 1.62. The molecule has 3 heterocycles. The zero-order valence-corrected chi connectivity index (χ0v) is 14.3. The molecule has 1 atom stereocenters. The summed E-state index contributed by atoms with van der Waals surface area (Å²) in [6.45, 7) is 7.34. The van der Waals surface area contributed by atoms with E-state index in [1.807, 2.05) is 15.9 Å². The third-order valence-electron chi connectivity index (χ3n) is 6.52. The number of likely N-dealkylation sites (tertiary alicyclic amines) is 2. The summed E-state index contributed by atoms with van der Waals surface area (Å²) in [4.78, 5) is 28.8. The van der Waals surface area contributed by atoms with Crippen molar-refractivity contribution >= 4 is 11.8 Å². The molecule has 2 saturated carbocycles. The lowest BCUT2D eigenvalue weighted by molar-refractivity contribution is -0.156. The summed E-state index contributed by atoms with van der Waals surface area (Å²) in [6, 6.07) is 1.86. The van der Waals surface area contributed by atoms with Gasteiger partial charge < -0.3 is 9.80 Å². The molecule has 1 aromatic rings. The normalized spacial score (nSPS) is 28.0. The van der Waals surface area contributed by atoms with Gasteiger partial charge in [0.1, 0.15) is 5.69 Å². The van der Waals surface area contributed by atoms with E-state index in [0.29, 0.717) is 28.9 Å². The Bertz CT molecular complexity index is 719. The van der Waals surface area contributed by atoms with Crippen LogP contribution in [-0.4, -0.2) is 58.0 Å². The van der Waals surface area contributed by atoms with E-state index >= 15 is 0 Å². The lowest BCUT2D eigenvalue weighted by Crippen LogP contribution is -2.73. The summed E-state index contributed by atoms with van der Waals surface area (Å²) in [7, 11) is 0. The van der Waals surface area contributed by atoms with Crippen LogP contribution in [0.15, 0.2) is 6.07 Å². The van der Waals surface area contributed by atoms with Crippen molar-refractivity contribution in [3.63, 3.8) is 0 Å². The first-order valence-corrected chi connectivity index (χ1v) is 9.05. The fourth-order valence-corrected chi connectivity index (χ4v) is 4.56. The number of amides is 2. The van der Waals surface area contributed by atoms with Gasteiger partial charge in [-0.3, -0.25) is 14.7 Å². The van der Waals surface area contributed by atoms with E-state index in [1.54, 1.807) is 0 Å². The van der Waals surface area contributed by atoms with Crippen molar-refractivity contribution in [2.75, 3.05) is 26.2 Å². The molecule has 4 fully saturated rings. The largest absolute Gasteiger partial charge is 0.341 e. The minimum Gasteiger partial charge on any atom is -0.341 e.